The Bertz CT molecular complexity index is 578. The SMILES string of the molecule is Cn1ccnc(NCCc2ccc(F)cc2)c1=O. The van der Waals surface area contributed by atoms with Gasteiger partial charge < -0.3 is 9.88 Å². The summed E-state index contributed by atoms with van der Waals surface area (Å²) in [5, 5.41) is 2.98. The highest BCUT2D eigenvalue weighted by Crippen LogP contribution is 2.03. The Kier molecular flexibility index (Phi) is 3.72. The molecule has 0 aliphatic heterocycles. The Labute approximate surface area is 104 Å². The summed E-state index contributed by atoms with van der Waals surface area (Å²) in [4.78, 5) is 15.6. The largest absolute Gasteiger partial charge is 0.365 e. The average Bonchev–Trinajstić information content (AvgIpc) is 2.37. The molecule has 1 aromatic carbocycles. The molecule has 18 heavy (non-hydrogen) atoms. The molecular formula is C13H14FN3O. The lowest BCUT2D eigenvalue weighted by molar-refractivity contribution is 0.627. The lowest BCUT2D eigenvalue weighted by Crippen LogP contribution is -2.22. The van der Waals surface area contributed by atoms with Crippen LogP contribution in [0.5, 0.6) is 0 Å². The Morgan fingerprint density at radius 3 is 2.78 bits per heavy atom. The van der Waals surface area contributed by atoms with E-state index in [2.05, 4.69) is 10.3 Å². The quantitative estimate of drug-likeness (QED) is 0.892. The van der Waals surface area contributed by atoms with Crippen LogP contribution in [0, 0.1) is 5.82 Å². The molecule has 0 aliphatic carbocycles. The Balaban J connectivity index is 1.94. The Morgan fingerprint density at radius 2 is 2.06 bits per heavy atom. The molecule has 0 radical (unpaired) electrons. The molecule has 0 fully saturated rings. The predicted molar refractivity (Wildman–Crippen MR) is 68.1 cm³/mol. The minimum Gasteiger partial charge on any atom is -0.365 e. The smallest absolute Gasteiger partial charge is 0.293 e. The molecule has 1 heterocycles. The van der Waals surface area contributed by atoms with Gasteiger partial charge in [0.25, 0.3) is 5.56 Å². The summed E-state index contributed by atoms with van der Waals surface area (Å²) in [6.07, 6.45) is 3.88. The van der Waals surface area contributed by atoms with E-state index in [1.54, 1.807) is 31.6 Å². The van der Waals surface area contributed by atoms with Gasteiger partial charge in [0.05, 0.1) is 0 Å². The van der Waals surface area contributed by atoms with Crippen molar-refractivity contribution in [2.75, 3.05) is 11.9 Å². The molecule has 94 valence electrons. The van der Waals surface area contributed by atoms with Gasteiger partial charge in [-0.2, -0.15) is 0 Å². The van der Waals surface area contributed by atoms with Crippen LogP contribution in [0.15, 0.2) is 41.5 Å². The fraction of sp³-hybridized carbons (Fsp3) is 0.231. The third kappa shape index (κ3) is 2.94. The van der Waals surface area contributed by atoms with E-state index in [9.17, 15) is 9.18 Å². The first kappa shape index (κ1) is 12.3. The molecule has 4 nitrogen and oxygen atoms in total. The van der Waals surface area contributed by atoms with Gasteiger partial charge in [-0.3, -0.25) is 4.79 Å². The van der Waals surface area contributed by atoms with Gasteiger partial charge in [-0.05, 0) is 24.1 Å². The van der Waals surface area contributed by atoms with Gasteiger partial charge in [0.2, 0.25) is 0 Å². The van der Waals surface area contributed by atoms with Crippen molar-refractivity contribution in [3.8, 4) is 0 Å². The first-order valence-corrected chi connectivity index (χ1v) is 5.67. The summed E-state index contributed by atoms with van der Waals surface area (Å²) in [5.74, 6) is 0.0902. The number of rotatable bonds is 4. The monoisotopic (exact) mass is 247 g/mol. The minimum atomic E-state index is -0.245. The van der Waals surface area contributed by atoms with Gasteiger partial charge in [0.1, 0.15) is 5.82 Å². The number of nitrogens with one attached hydrogen (secondary N) is 1. The maximum Gasteiger partial charge on any atom is 0.293 e. The first-order valence-electron chi connectivity index (χ1n) is 5.67. The second kappa shape index (κ2) is 5.44. The number of benzene rings is 1. The number of aryl methyl sites for hydroxylation is 1. The maximum absolute atomic E-state index is 12.7. The van der Waals surface area contributed by atoms with Crippen molar-refractivity contribution in [2.45, 2.75) is 6.42 Å². The van der Waals surface area contributed by atoms with Gasteiger partial charge in [0, 0.05) is 26.0 Å². The molecule has 0 amide bonds. The molecule has 0 aliphatic rings. The van der Waals surface area contributed by atoms with Crippen LogP contribution in [0.4, 0.5) is 10.2 Å². The van der Waals surface area contributed by atoms with Gasteiger partial charge >= 0.3 is 0 Å². The van der Waals surface area contributed by atoms with Crippen LogP contribution in [0.3, 0.4) is 0 Å². The summed E-state index contributed by atoms with van der Waals surface area (Å²) in [5.41, 5.74) is 0.855. The summed E-state index contributed by atoms with van der Waals surface area (Å²) in [6, 6.07) is 6.31. The molecule has 0 saturated heterocycles. The summed E-state index contributed by atoms with van der Waals surface area (Å²) < 4.78 is 14.2. The van der Waals surface area contributed by atoms with E-state index in [1.807, 2.05) is 0 Å². The topological polar surface area (TPSA) is 46.9 Å². The van der Waals surface area contributed by atoms with Crippen LogP contribution in [-0.2, 0) is 13.5 Å². The molecule has 2 aromatic rings. The molecular weight excluding hydrogens is 233 g/mol. The van der Waals surface area contributed by atoms with Crippen LogP contribution in [0.2, 0.25) is 0 Å². The number of hydrogen-bond donors (Lipinski definition) is 1. The number of halogens is 1. The summed E-state index contributed by atoms with van der Waals surface area (Å²) in [6.45, 7) is 0.581. The van der Waals surface area contributed by atoms with Gasteiger partial charge in [0.15, 0.2) is 5.82 Å². The second-order valence-electron chi connectivity index (χ2n) is 4.00. The summed E-state index contributed by atoms with van der Waals surface area (Å²) >= 11 is 0. The zero-order valence-corrected chi connectivity index (χ0v) is 10.1. The van der Waals surface area contributed by atoms with E-state index in [4.69, 9.17) is 0 Å². The number of anilines is 1. The molecule has 0 saturated carbocycles. The van der Waals surface area contributed by atoms with Crippen LogP contribution >= 0.6 is 0 Å². The zero-order valence-electron chi connectivity index (χ0n) is 10.1. The van der Waals surface area contributed by atoms with Crippen molar-refractivity contribution in [1.29, 1.82) is 0 Å². The second-order valence-corrected chi connectivity index (χ2v) is 4.00. The van der Waals surface area contributed by atoms with E-state index in [0.29, 0.717) is 18.8 Å². The van der Waals surface area contributed by atoms with Crippen molar-refractivity contribution in [3.63, 3.8) is 0 Å². The fourth-order valence-corrected chi connectivity index (χ4v) is 1.60. The van der Waals surface area contributed by atoms with Gasteiger partial charge in [-0.15, -0.1) is 0 Å². The van der Waals surface area contributed by atoms with Crippen LogP contribution in [0.25, 0.3) is 0 Å². The molecule has 0 unspecified atom stereocenters. The number of aromatic nitrogens is 2. The normalized spacial score (nSPS) is 10.3. The van der Waals surface area contributed by atoms with Crippen molar-refractivity contribution in [3.05, 3.63) is 58.4 Å². The molecule has 5 heteroatoms. The predicted octanol–water partition coefficient (Wildman–Crippen LogP) is 1.57. The van der Waals surface area contributed by atoms with Crippen molar-refractivity contribution in [1.82, 2.24) is 9.55 Å². The van der Waals surface area contributed by atoms with Gasteiger partial charge in [-0.1, -0.05) is 12.1 Å². The van der Waals surface area contributed by atoms with Gasteiger partial charge in [-0.25, -0.2) is 9.37 Å². The van der Waals surface area contributed by atoms with E-state index in [-0.39, 0.29) is 11.4 Å². The van der Waals surface area contributed by atoms with Crippen LogP contribution in [-0.4, -0.2) is 16.1 Å². The zero-order chi connectivity index (χ0) is 13.0. The molecule has 0 atom stereocenters. The molecule has 0 bridgehead atoms. The summed E-state index contributed by atoms with van der Waals surface area (Å²) in [7, 11) is 1.68. The molecule has 1 aromatic heterocycles. The lowest BCUT2D eigenvalue weighted by atomic mass is 10.1. The van der Waals surface area contributed by atoms with Crippen LogP contribution < -0.4 is 10.9 Å². The maximum atomic E-state index is 12.7. The highest BCUT2D eigenvalue weighted by atomic mass is 19.1. The highest BCUT2D eigenvalue weighted by molar-refractivity contribution is 5.31. The fourth-order valence-electron chi connectivity index (χ4n) is 1.60. The lowest BCUT2D eigenvalue weighted by Gasteiger charge is -2.06. The minimum absolute atomic E-state index is 0.156. The standard InChI is InChI=1S/C13H14FN3O/c1-17-9-8-16-12(13(17)18)15-7-6-10-2-4-11(14)5-3-10/h2-5,8-9H,6-7H2,1H3,(H,15,16). The number of hydrogen-bond acceptors (Lipinski definition) is 3. The third-order valence-electron chi connectivity index (χ3n) is 2.64. The van der Waals surface area contributed by atoms with E-state index in [0.717, 1.165) is 5.56 Å². The molecule has 1 N–H and O–H groups in total. The average molecular weight is 247 g/mol. The Morgan fingerprint density at radius 1 is 1.33 bits per heavy atom. The first-order chi connectivity index (χ1) is 8.66. The number of nitrogens with zero attached hydrogens (tertiary/aromatic N) is 2. The third-order valence-corrected chi connectivity index (χ3v) is 2.64. The van der Waals surface area contributed by atoms with E-state index >= 15 is 0 Å². The van der Waals surface area contributed by atoms with Crippen molar-refractivity contribution >= 4 is 5.82 Å². The van der Waals surface area contributed by atoms with Crippen LogP contribution in [0.1, 0.15) is 5.56 Å². The van der Waals surface area contributed by atoms with E-state index in [1.165, 1.54) is 16.7 Å². The van der Waals surface area contributed by atoms with Crippen molar-refractivity contribution in [2.24, 2.45) is 7.05 Å². The van der Waals surface area contributed by atoms with E-state index < -0.39 is 0 Å². The molecule has 2 rings (SSSR count). The van der Waals surface area contributed by atoms with Crippen molar-refractivity contribution < 1.29 is 4.39 Å². The molecule has 0 spiro atoms. The highest BCUT2D eigenvalue weighted by Gasteiger charge is 2.01. The Hall–Kier alpha value is -2.17.